The number of hydrogen-bond acceptors (Lipinski definition) is 2. The van der Waals surface area contributed by atoms with E-state index >= 15 is 0 Å². The zero-order valence-electron chi connectivity index (χ0n) is 27.0. The lowest BCUT2D eigenvalue weighted by molar-refractivity contribution is 0.262. The van der Waals surface area contributed by atoms with Gasteiger partial charge in [-0.05, 0) is 135 Å². The number of ether oxygens (including phenoxy) is 2. The first-order valence-electron chi connectivity index (χ1n) is 16.6. The summed E-state index contributed by atoms with van der Waals surface area (Å²) in [5.74, 6) is 1.68. The van der Waals surface area contributed by atoms with E-state index in [9.17, 15) is 0 Å². The Labute approximate surface area is 267 Å². The van der Waals surface area contributed by atoms with Crippen LogP contribution in [0.5, 0.6) is 11.5 Å². The second-order valence-corrected chi connectivity index (χ2v) is 12.6. The van der Waals surface area contributed by atoms with Crippen LogP contribution in [0.25, 0.3) is 54.9 Å². The highest BCUT2D eigenvalue weighted by atomic mass is 16.5. The molecule has 0 aromatic heterocycles. The first-order valence-corrected chi connectivity index (χ1v) is 16.6. The van der Waals surface area contributed by atoms with Crippen molar-refractivity contribution in [1.82, 2.24) is 0 Å². The van der Waals surface area contributed by atoms with Gasteiger partial charge in [0, 0.05) is 0 Å². The molecule has 0 heterocycles. The van der Waals surface area contributed by atoms with Crippen molar-refractivity contribution in [2.75, 3.05) is 13.2 Å². The molecule has 45 heavy (non-hydrogen) atoms. The van der Waals surface area contributed by atoms with E-state index in [1.807, 2.05) is 0 Å². The van der Waals surface area contributed by atoms with Crippen molar-refractivity contribution < 1.29 is 9.47 Å². The lowest BCUT2D eigenvalue weighted by Crippen LogP contribution is -2.02. The molecule has 0 N–H and O–H groups in total. The molecule has 6 aromatic rings. The van der Waals surface area contributed by atoms with Gasteiger partial charge in [0.15, 0.2) is 11.5 Å². The highest BCUT2D eigenvalue weighted by molar-refractivity contribution is 6.02. The average molecular weight is 591 g/mol. The van der Waals surface area contributed by atoms with E-state index in [2.05, 4.69) is 125 Å². The van der Waals surface area contributed by atoms with Crippen LogP contribution in [0.4, 0.5) is 0 Å². The molecular weight excluding hydrogens is 548 g/mol. The van der Waals surface area contributed by atoms with Crippen LogP contribution >= 0.6 is 0 Å². The largest absolute Gasteiger partial charge is 0.490 e. The van der Waals surface area contributed by atoms with Crippen LogP contribution in [0.1, 0.15) is 61.8 Å². The zero-order valence-corrected chi connectivity index (χ0v) is 27.0. The van der Waals surface area contributed by atoms with Gasteiger partial charge in [0.05, 0.1) is 13.2 Å². The minimum Gasteiger partial charge on any atom is -0.490 e. The van der Waals surface area contributed by atoms with Gasteiger partial charge in [-0.25, -0.2) is 0 Å². The summed E-state index contributed by atoms with van der Waals surface area (Å²) < 4.78 is 12.3. The van der Waals surface area contributed by atoms with Crippen molar-refractivity contribution in [3.8, 4) is 44.9 Å². The Bertz CT molecular complexity index is 2030. The second kappa shape index (κ2) is 12.4. The van der Waals surface area contributed by atoms with E-state index in [0.29, 0.717) is 13.2 Å². The van der Waals surface area contributed by atoms with Gasteiger partial charge >= 0.3 is 0 Å². The third-order valence-corrected chi connectivity index (χ3v) is 9.53. The molecule has 6 aromatic carbocycles. The fraction of sp³-hybridized carbons (Fsp3) is 0.256. The maximum atomic E-state index is 6.21. The molecule has 0 saturated heterocycles. The van der Waals surface area contributed by atoms with E-state index in [-0.39, 0.29) is 0 Å². The monoisotopic (exact) mass is 590 g/mol. The number of unbranched alkanes of at least 4 members (excludes halogenated alkanes) is 2. The lowest BCUT2D eigenvalue weighted by Gasteiger charge is -2.15. The van der Waals surface area contributed by atoms with Crippen LogP contribution in [-0.4, -0.2) is 13.2 Å². The number of aryl methyl sites for hydroxylation is 2. The fourth-order valence-electron chi connectivity index (χ4n) is 6.70. The molecule has 1 aliphatic rings. The summed E-state index contributed by atoms with van der Waals surface area (Å²) in [6.45, 7) is 10.2. The summed E-state index contributed by atoms with van der Waals surface area (Å²) in [5.41, 5.74) is 13.2. The van der Waals surface area contributed by atoms with Crippen molar-refractivity contribution >= 4 is 21.5 Å². The summed E-state index contributed by atoms with van der Waals surface area (Å²) in [5, 5.41) is 5.28. The van der Waals surface area contributed by atoms with Gasteiger partial charge < -0.3 is 9.47 Å². The number of fused-ring (bicyclic) bond motifs is 7. The lowest BCUT2D eigenvalue weighted by atomic mass is 9.94. The van der Waals surface area contributed by atoms with Gasteiger partial charge in [0.2, 0.25) is 0 Å². The zero-order chi connectivity index (χ0) is 30.9. The molecule has 226 valence electrons. The molecule has 2 heteroatoms. The summed E-state index contributed by atoms with van der Waals surface area (Å²) in [7, 11) is 0. The van der Waals surface area contributed by atoms with E-state index in [4.69, 9.17) is 9.47 Å². The van der Waals surface area contributed by atoms with Crippen molar-refractivity contribution in [2.45, 2.75) is 59.8 Å². The minimum absolute atomic E-state index is 0.704. The molecule has 0 bridgehead atoms. The molecule has 0 saturated carbocycles. The van der Waals surface area contributed by atoms with Crippen molar-refractivity contribution in [3.63, 3.8) is 0 Å². The first kappa shape index (κ1) is 29.2. The van der Waals surface area contributed by atoms with Gasteiger partial charge in [-0.15, -0.1) is 0 Å². The molecule has 0 amide bonds. The average Bonchev–Trinajstić information content (AvgIpc) is 3.46. The highest BCUT2D eigenvalue weighted by Gasteiger charge is 2.23. The van der Waals surface area contributed by atoms with Crippen molar-refractivity contribution in [2.24, 2.45) is 0 Å². The molecule has 2 nitrogen and oxygen atoms in total. The smallest absolute Gasteiger partial charge is 0.161 e. The van der Waals surface area contributed by atoms with Gasteiger partial charge in [-0.1, -0.05) is 99.5 Å². The Morgan fingerprint density at radius 2 is 1.00 bits per heavy atom. The SMILES string of the molecule is CCCCOc1ccc(-c2ccc3c4c(ccc3c2)-c2ccc3cc(-c5ccc(C)c(C)c5)ccc3c2C4)cc1OCCCC. The molecular formula is C43H42O2. The molecule has 7 rings (SSSR count). The topological polar surface area (TPSA) is 18.5 Å². The predicted molar refractivity (Wildman–Crippen MR) is 191 cm³/mol. The molecule has 0 spiro atoms. The minimum atomic E-state index is 0.704. The van der Waals surface area contributed by atoms with E-state index < -0.39 is 0 Å². The fourth-order valence-corrected chi connectivity index (χ4v) is 6.70. The number of rotatable bonds is 10. The van der Waals surface area contributed by atoms with Gasteiger partial charge in [-0.3, -0.25) is 0 Å². The predicted octanol–water partition coefficient (Wildman–Crippen LogP) is 11.9. The van der Waals surface area contributed by atoms with E-state index in [1.165, 1.54) is 71.6 Å². The Morgan fingerprint density at radius 1 is 0.489 bits per heavy atom. The standard InChI is InChI=1S/C43H42O2/c1-5-7-21-44-42-20-15-33(26-43(42)45-22-8-6-2)32-12-17-37-35(25-32)14-19-39-38-18-13-34-24-31(30-10-9-28(3)29(4)23-30)11-16-36(34)40(38)27-41(37)39/h9-20,23-26H,5-8,21-22,27H2,1-4H3. The van der Waals surface area contributed by atoms with Gasteiger partial charge in [-0.2, -0.15) is 0 Å². The highest BCUT2D eigenvalue weighted by Crippen LogP contribution is 2.45. The van der Waals surface area contributed by atoms with E-state index in [0.717, 1.165) is 49.2 Å². The molecule has 0 atom stereocenters. The first-order chi connectivity index (χ1) is 22.0. The van der Waals surface area contributed by atoms with Crippen LogP contribution in [0, 0.1) is 13.8 Å². The Balaban J connectivity index is 1.20. The molecule has 0 aliphatic heterocycles. The Kier molecular flexibility index (Phi) is 8.06. The van der Waals surface area contributed by atoms with Crippen LogP contribution in [-0.2, 0) is 6.42 Å². The maximum Gasteiger partial charge on any atom is 0.161 e. The summed E-state index contributed by atoms with van der Waals surface area (Å²) in [6, 6.07) is 36.3. The maximum absolute atomic E-state index is 6.21. The molecule has 0 radical (unpaired) electrons. The van der Waals surface area contributed by atoms with Crippen LogP contribution < -0.4 is 9.47 Å². The molecule has 0 unspecified atom stereocenters. The van der Waals surface area contributed by atoms with Gasteiger partial charge in [0.25, 0.3) is 0 Å². The summed E-state index contributed by atoms with van der Waals surface area (Å²) in [4.78, 5) is 0. The molecule has 1 aliphatic carbocycles. The third-order valence-electron chi connectivity index (χ3n) is 9.53. The Morgan fingerprint density at radius 3 is 1.58 bits per heavy atom. The normalized spacial score (nSPS) is 12.0. The summed E-state index contributed by atoms with van der Waals surface area (Å²) >= 11 is 0. The van der Waals surface area contributed by atoms with Crippen LogP contribution in [0.15, 0.2) is 97.1 Å². The Hall–Kier alpha value is -4.56. The number of hydrogen-bond donors (Lipinski definition) is 0. The van der Waals surface area contributed by atoms with Crippen molar-refractivity contribution in [1.29, 1.82) is 0 Å². The molecule has 0 fully saturated rings. The quantitative estimate of drug-likeness (QED) is 0.148. The van der Waals surface area contributed by atoms with Crippen molar-refractivity contribution in [3.05, 3.63) is 119 Å². The summed E-state index contributed by atoms with van der Waals surface area (Å²) in [6.07, 6.45) is 5.25. The van der Waals surface area contributed by atoms with Crippen LogP contribution in [0.2, 0.25) is 0 Å². The van der Waals surface area contributed by atoms with E-state index in [1.54, 1.807) is 0 Å². The van der Waals surface area contributed by atoms with Gasteiger partial charge in [0.1, 0.15) is 0 Å². The number of benzene rings is 6. The third kappa shape index (κ3) is 5.59. The van der Waals surface area contributed by atoms with Crippen LogP contribution in [0.3, 0.4) is 0 Å². The second-order valence-electron chi connectivity index (χ2n) is 12.6.